The maximum atomic E-state index is 13.1. The highest BCUT2D eigenvalue weighted by Gasteiger charge is 2.18. The summed E-state index contributed by atoms with van der Waals surface area (Å²) in [5.74, 6) is -3.16. The third-order valence-electron chi connectivity index (χ3n) is 3.55. The highest BCUT2D eigenvalue weighted by atomic mass is 19.2. The molecule has 126 valence electrons. The number of halogens is 2. The van der Waals surface area contributed by atoms with Crippen LogP contribution in [0.5, 0.6) is 0 Å². The van der Waals surface area contributed by atoms with Crippen molar-refractivity contribution in [1.82, 2.24) is 5.32 Å². The first-order valence-electron chi connectivity index (χ1n) is 7.58. The number of amides is 2. The first kappa shape index (κ1) is 17.6. The summed E-state index contributed by atoms with van der Waals surface area (Å²) in [6.07, 6.45) is 0.598. The average molecular weight is 332 g/mol. The third-order valence-corrected chi connectivity index (χ3v) is 3.55. The molecule has 0 aromatic heterocycles. The number of nitrogens with one attached hydrogen (secondary N) is 2. The van der Waals surface area contributed by atoms with Crippen LogP contribution in [0.25, 0.3) is 0 Å². The van der Waals surface area contributed by atoms with Gasteiger partial charge in [0.2, 0.25) is 11.8 Å². The van der Waals surface area contributed by atoms with Gasteiger partial charge in [-0.3, -0.25) is 9.59 Å². The fraction of sp³-hybridized carbons (Fsp3) is 0.222. The minimum Gasteiger partial charge on any atom is -0.346 e. The quantitative estimate of drug-likeness (QED) is 0.853. The SMILES string of the molecule is CCC(C(=O)NCC(=O)Nc1ccc(F)c(F)c1)c1ccccc1. The molecule has 0 aliphatic carbocycles. The van der Waals surface area contributed by atoms with Gasteiger partial charge in [0.15, 0.2) is 11.6 Å². The molecule has 1 unspecified atom stereocenters. The van der Waals surface area contributed by atoms with Crippen molar-refractivity contribution in [3.63, 3.8) is 0 Å². The molecule has 6 heteroatoms. The van der Waals surface area contributed by atoms with Gasteiger partial charge in [-0.15, -0.1) is 0 Å². The first-order valence-corrected chi connectivity index (χ1v) is 7.58. The summed E-state index contributed by atoms with van der Waals surface area (Å²) in [5, 5.41) is 4.96. The van der Waals surface area contributed by atoms with E-state index in [-0.39, 0.29) is 24.1 Å². The molecule has 0 fully saturated rings. The molecule has 2 aromatic rings. The van der Waals surface area contributed by atoms with E-state index in [2.05, 4.69) is 10.6 Å². The molecule has 0 aliphatic rings. The maximum absolute atomic E-state index is 13.1. The van der Waals surface area contributed by atoms with Crippen LogP contribution in [0.15, 0.2) is 48.5 Å². The molecule has 2 aromatic carbocycles. The molecule has 0 heterocycles. The highest BCUT2D eigenvalue weighted by molar-refractivity contribution is 5.95. The zero-order chi connectivity index (χ0) is 17.5. The Morgan fingerprint density at radius 3 is 2.38 bits per heavy atom. The van der Waals surface area contributed by atoms with E-state index >= 15 is 0 Å². The second-order valence-electron chi connectivity index (χ2n) is 5.27. The van der Waals surface area contributed by atoms with E-state index < -0.39 is 17.5 Å². The molecule has 24 heavy (non-hydrogen) atoms. The summed E-state index contributed by atoms with van der Waals surface area (Å²) in [6, 6.07) is 12.3. The van der Waals surface area contributed by atoms with Gasteiger partial charge in [0.25, 0.3) is 0 Å². The molecule has 0 saturated heterocycles. The van der Waals surface area contributed by atoms with Gasteiger partial charge in [0.1, 0.15) is 0 Å². The van der Waals surface area contributed by atoms with Gasteiger partial charge in [0, 0.05) is 11.8 Å². The number of benzene rings is 2. The van der Waals surface area contributed by atoms with Crippen molar-refractivity contribution in [2.75, 3.05) is 11.9 Å². The van der Waals surface area contributed by atoms with Crippen LogP contribution >= 0.6 is 0 Å². The highest BCUT2D eigenvalue weighted by Crippen LogP contribution is 2.19. The molecule has 0 spiro atoms. The van der Waals surface area contributed by atoms with E-state index in [0.717, 1.165) is 17.7 Å². The minimum absolute atomic E-state index is 0.128. The number of carbonyl (C=O) groups is 2. The van der Waals surface area contributed by atoms with Gasteiger partial charge < -0.3 is 10.6 Å². The van der Waals surface area contributed by atoms with Crippen LogP contribution in [0.3, 0.4) is 0 Å². The lowest BCUT2D eigenvalue weighted by molar-refractivity contribution is -0.125. The Kier molecular flexibility index (Phi) is 6.01. The van der Waals surface area contributed by atoms with Crippen LogP contribution in [0.4, 0.5) is 14.5 Å². The Bertz CT molecular complexity index is 720. The molecule has 0 bridgehead atoms. The fourth-order valence-corrected chi connectivity index (χ4v) is 2.33. The number of hydrogen-bond donors (Lipinski definition) is 2. The summed E-state index contributed by atoms with van der Waals surface area (Å²) in [6.45, 7) is 1.64. The van der Waals surface area contributed by atoms with Gasteiger partial charge in [-0.25, -0.2) is 8.78 Å². The predicted molar refractivity (Wildman–Crippen MR) is 87.5 cm³/mol. The molecule has 0 aliphatic heterocycles. The second kappa shape index (κ2) is 8.19. The van der Waals surface area contributed by atoms with Crippen LogP contribution in [-0.2, 0) is 9.59 Å². The van der Waals surface area contributed by atoms with Crippen molar-refractivity contribution in [3.05, 3.63) is 65.7 Å². The largest absolute Gasteiger partial charge is 0.346 e. The van der Waals surface area contributed by atoms with Crippen LogP contribution < -0.4 is 10.6 Å². The zero-order valence-electron chi connectivity index (χ0n) is 13.2. The van der Waals surface area contributed by atoms with Crippen molar-refractivity contribution in [1.29, 1.82) is 0 Å². The first-order chi connectivity index (χ1) is 11.5. The summed E-state index contributed by atoms with van der Waals surface area (Å²) in [4.78, 5) is 24.0. The summed E-state index contributed by atoms with van der Waals surface area (Å²) in [5.41, 5.74) is 1.00. The van der Waals surface area contributed by atoms with Crippen LogP contribution in [0.2, 0.25) is 0 Å². The Balaban J connectivity index is 1.90. The van der Waals surface area contributed by atoms with Crippen molar-refractivity contribution < 1.29 is 18.4 Å². The van der Waals surface area contributed by atoms with Crippen molar-refractivity contribution in [3.8, 4) is 0 Å². The molecule has 4 nitrogen and oxygen atoms in total. The number of hydrogen-bond acceptors (Lipinski definition) is 2. The van der Waals surface area contributed by atoms with E-state index in [1.165, 1.54) is 6.07 Å². The zero-order valence-corrected chi connectivity index (χ0v) is 13.2. The average Bonchev–Trinajstić information content (AvgIpc) is 2.58. The van der Waals surface area contributed by atoms with Gasteiger partial charge in [-0.1, -0.05) is 37.3 Å². The Morgan fingerprint density at radius 1 is 1.04 bits per heavy atom. The van der Waals surface area contributed by atoms with Crippen molar-refractivity contribution in [2.24, 2.45) is 0 Å². The monoisotopic (exact) mass is 332 g/mol. The predicted octanol–water partition coefficient (Wildman–Crippen LogP) is 3.21. The van der Waals surface area contributed by atoms with Crippen molar-refractivity contribution in [2.45, 2.75) is 19.3 Å². The topological polar surface area (TPSA) is 58.2 Å². The molecular formula is C18H18F2N2O2. The Hall–Kier alpha value is -2.76. The summed E-state index contributed by atoms with van der Waals surface area (Å²) >= 11 is 0. The van der Waals surface area contributed by atoms with Crippen LogP contribution in [0, 0.1) is 11.6 Å². The Labute approximate surface area is 138 Å². The standard InChI is InChI=1S/C18H18F2N2O2/c1-2-14(12-6-4-3-5-7-12)18(24)21-11-17(23)22-13-8-9-15(19)16(20)10-13/h3-10,14H,2,11H2,1H3,(H,21,24)(H,22,23). The summed E-state index contributed by atoms with van der Waals surface area (Å²) in [7, 11) is 0. The van der Waals surface area contributed by atoms with E-state index in [4.69, 9.17) is 0 Å². The molecular weight excluding hydrogens is 314 g/mol. The molecule has 2 N–H and O–H groups in total. The second-order valence-corrected chi connectivity index (χ2v) is 5.27. The maximum Gasteiger partial charge on any atom is 0.243 e. The van der Waals surface area contributed by atoms with E-state index in [0.29, 0.717) is 6.42 Å². The van der Waals surface area contributed by atoms with Crippen LogP contribution in [-0.4, -0.2) is 18.4 Å². The smallest absolute Gasteiger partial charge is 0.243 e. The van der Waals surface area contributed by atoms with Gasteiger partial charge >= 0.3 is 0 Å². The molecule has 2 amide bonds. The van der Waals surface area contributed by atoms with Gasteiger partial charge in [-0.05, 0) is 24.1 Å². The van der Waals surface area contributed by atoms with Gasteiger partial charge in [0.05, 0.1) is 12.5 Å². The molecule has 0 radical (unpaired) electrons. The number of carbonyl (C=O) groups excluding carboxylic acids is 2. The third kappa shape index (κ3) is 4.62. The lowest BCUT2D eigenvalue weighted by atomic mass is 9.96. The normalized spacial score (nSPS) is 11.6. The van der Waals surface area contributed by atoms with E-state index in [1.54, 1.807) is 0 Å². The molecule has 1 atom stereocenters. The van der Waals surface area contributed by atoms with Crippen LogP contribution in [0.1, 0.15) is 24.8 Å². The minimum atomic E-state index is -1.05. The van der Waals surface area contributed by atoms with E-state index in [1.807, 2.05) is 37.3 Å². The molecule has 0 saturated carbocycles. The number of anilines is 1. The van der Waals surface area contributed by atoms with E-state index in [9.17, 15) is 18.4 Å². The summed E-state index contributed by atoms with van der Waals surface area (Å²) < 4.78 is 25.9. The fourth-order valence-electron chi connectivity index (χ4n) is 2.33. The lowest BCUT2D eigenvalue weighted by Gasteiger charge is -2.15. The van der Waals surface area contributed by atoms with Gasteiger partial charge in [-0.2, -0.15) is 0 Å². The lowest BCUT2D eigenvalue weighted by Crippen LogP contribution is -2.35. The number of rotatable bonds is 6. The van der Waals surface area contributed by atoms with Crippen molar-refractivity contribution >= 4 is 17.5 Å². The molecule has 2 rings (SSSR count). The Morgan fingerprint density at radius 2 is 1.75 bits per heavy atom.